The topological polar surface area (TPSA) is 53.4 Å². The summed E-state index contributed by atoms with van der Waals surface area (Å²) in [5.74, 6) is 1.47. The predicted molar refractivity (Wildman–Crippen MR) is 102 cm³/mol. The lowest BCUT2D eigenvalue weighted by atomic mass is 10.0. The van der Waals surface area contributed by atoms with Crippen LogP contribution in [0, 0.1) is 20.8 Å². The molecule has 6 heteroatoms. The Kier molecular flexibility index (Phi) is 4.92. The predicted octanol–water partition coefficient (Wildman–Crippen LogP) is 3.71. The molecule has 0 aliphatic rings. The van der Waals surface area contributed by atoms with Crippen molar-refractivity contribution in [2.45, 2.75) is 27.3 Å². The number of ether oxygens (including phenoxy) is 2. The van der Waals surface area contributed by atoms with Crippen LogP contribution in [-0.2, 0) is 11.3 Å². The molecule has 132 valence electrons. The smallest absolute Gasteiger partial charge is 0.262 e. The summed E-state index contributed by atoms with van der Waals surface area (Å²) in [4.78, 5) is 19.7. The molecule has 5 nitrogen and oxygen atoms in total. The molecule has 0 bridgehead atoms. The maximum Gasteiger partial charge on any atom is 0.262 e. The highest BCUT2D eigenvalue weighted by molar-refractivity contribution is 7.19. The van der Waals surface area contributed by atoms with Crippen LogP contribution in [0.15, 0.2) is 23.0 Å². The maximum absolute atomic E-state index is 13.2. The van der Waals surface area contributed by atoms with E-state index in [2.05, 4.69) is 11.1 Å². The first-order valence-corrected chi connectivity index (χ1v) is 8.94. The minimum Gasteiger partial charge on any atom is -0.496 e. The molecule has 1 aromatic carbocycles. The van der Waals surface area contributed by atoms with Crippen molar-refractivity contribution in [2.75, 3.05) is 20.8 Å². The number of nitrogens with zero attached hydrogens (tertiary/aromatic N) is 2. The monoisotopic (exact) mass is 358 g/mol. The Bertz CT molecular complexity index is 988. The highest BCUT2D eigenvalue weighted by atomic mass is 32.1. The lowest BCUT2D eigenvalue weighted by molar-refractivity contribution is 0.185. The third-order valence-corrected chi connectivity index (χ3v) is 5.32. The van der Waals surface area contributed by atoms with Gasteiger partial charge < -0.3 is 9.47 Å². The van der Waals surface area contributed by atoms with Gasteiger partial charge in [0.05, 0.1) is 25.6 Å². The van der Waals surface area contributed by atoms with Crippen molar-refractivity contribution in [3.8, 4) is 16.9 Å². The molecular formula is C19H22N2O3S. The molecule has 0 saturated carbocycles. The van der Waals surface area contributed by atoms with Crippen molar-refractivity contribution < 1.29 is 9.47 Å². The molecule has 0 aliphatic carbocycles. The Balaban J connectivity index is 2.35. The fourth-order valence-electron chi connectivity index (χ4n) is 3.08. The molecule has 0 atom stereocenters. The van der Waals surface area contributed by atoms with Gasteiger partial charge in [-0.15, -0.1) is 11.3 Å². The van der Waals surface area contributed by atoms with Crippen LogP contribution in [0.5, 0.6) is 5.75 Å². The molecule has 0 radical (unpaired) electrons. The van der Waals surface area contributed by atoms with Crippen LogP contribution in [0.25, 0.3) is 21.3 Å². The molecule has 0 unspecified atom stereocenters. The Morgan fingerprint density at radius 1 is 1.20 bits per heavy atom. The molecule has 0 amide bonds. The second kappa shape index (κ2) is 6.98. The zero-order chi connectivity index (χ0) is 18.1. The summed E-state index contributed by atoms with van der Waals surface area (Å²) < 4.78 is 12.4. The first kappa shape index (κ1) is 17.6. The summed E-state index contributed by atoms with van der Waals surface area (Å²) in [5.41, 5.74) is 2.95. The average Bonchev–Trinajstić information content (AvgIpc) is 2.90. The second-order valence-corrected chi connectivity index (χ2v) is 7.23. The van der Waals surface area contributed by atoms with E-state index in [0.29, 0.717) is 24.4 Å². The number of aryl methyl sites for hydroxylation is 3. The van der Waals surface area contributed by atoms with Gasteiger partial charge in [-0.05, 0) is 32.9 Å². The number of hydrogen-bond acceptors (Lipinski definition) is 5. The van der Waals surface area contributed by atoms with Gasteiger partial charge in [-0.2, -0.15) is 0 Å². The Hall–Kier alpha value is -2.18. The fraction of sp³-hybridized carbons (Fsp3) is 0.368. The molecule has 0 spiro atoms. The molecule has 2 heterocycles. The Labute approximate surface area is 150 Å². The Morgan fingerprint density at radius 2 is 1.96 bits per heavy atom. The quantitative estimate of drug-likeness (QED) is 0.698. The normalized spacial score (nSPS) is 11.2. The van der Waals surface area contributed by atoms with Crippen molar-refractivity contribution >= 4 is 21.6 Å². The van der Waals surface area contributed by atoms with Crippen molar-refractivity contribution in [3.05, 3.63) is 44.8 Å². The van der Waals surface area contributed by atoms with Gasteiger partial charge in [0.1, 0.15) is 16.4 Å². The zero-order valence-corrected chi connectivity index (χ0v) is 16.0. The molecule has 0 fully saturated rings. The summed E-state index contributed by atoms with van der Waals surface area (Å²) in [6, 6.07) is 6.01. The highest BCUT2D eigenvalue weighted by Crippen LogP contribution is 2.40. The van der Waals surface area contributed by atoms with Gasteiger partial charge in [-0.3, -0.25) is 9.36 Å². The first-order valence-electron chi connectivity index (χ1n) is 8.12. The van der Waals surface area contributed by atoms with Gasteiger partial charge in [0.25, 0.3) is 5.56 Å². The van der Waals surface area contributed by atoms with Crippen LogP contribution in [0.2, 0.25) is 0 Å². The van der Waals surface area contributed by atoms with Crippen molar-refractivity contribution in [3.63, 3.8) is 0 Å². The number of benzene rings is 1. The number of aromatic nitrogens is 2. The average molecular weight is 358 g/mol. The second-order valence-electron chi connectivity index (χ2n) is 6.03. The highest BCUT2D eigenvalue weighted by Gasteiger charge is 2.20. The van der Waals surface area contributed by atoms with Crippen LogP contribution in [0.4, 0.5) is 0 Å². The van der Waals surface area contributed by atoms with E-state index in [1.165, 1.54) is 0 Å². The third-order valence-electron chi connectivity index (χ3n) is 4.32. The minimum absolute atomic E-state index is 0.0255. The van der Waals surface area contributed by atoms with E-state index in [9.17, 15) is 4.79 Å². The van der Waals surface area contributed by atoms with E-state index in [-0.39, 0.29) is 5.56 Å². The lowest BCUT2D eigenvalue weighted by Crippen LogP contribution is -2.25. The number of methoxy groups -OCH3 is 2. The number of thiophene rings is 1. The van der Waals surface area contributed by atoms with Gasteiger partial charge >= 0.3 is 0 Å². The molecular weight excluding hydrogens is 336 g/mol. The van der Waals surface area contributed by atoms with Crippen LogP contribution >= 0.6 is 11.3 Å². The van der Waals surface area contributed by atoms with E-state index in [1.807, 2.05) is 32.9 Å². The molecule has 0 aliphatic heterocycles. The van der Waals surface area contributed by atoms with Crippen molar-refractivity contribution in [1.29, 1.82) is 0 Å². The van der Waals surface area contributed by atoms with Crippen LogP contribution in [0.1, 0.15) is 16.3 Å². The maximum atomic E-state index is 13.2. The van der Waals surface area contributed by atoms with Gasteiger partial charge in [-0.1, -0.05) is 11.6 Å². The van der Waals surface area contributed by atoms with E-state index in [1.54, 1.807) is 30.1 Å². The van der Waals surface area contributed by atoms with Crippen molar-refractivity contribution in [1.82, 2.24) is 9.55 Å². The molecule has 2 aromatic heterocycles. The van der Waals surface area contributed by atoms with E-state index < -0.39 is 0 Å². The Morgan fingerprint density at radius 3 is 2.64 bits per heavy atom. The molecule has 0 saturated heterocycles. The standard InChI is InChI=1S/C19H22N2O3S/c1-11-6-7-15(24-5)14(10-11)16-12(2)25-18-17(16)19(22)21(8-9-23-4)13(3)20-18/h6-7,10H,8-9H2,1-5H3. The van der Waals surface area contributed by atoms with Crippen molar-refractivity contribution in [2.24, 2.45) is 0 Å². The van der Waals surface area contributed by atoms with E-state index in [4.69, 9.17) is 9.47 Å². The van der Waals surface area contributed by atoms with Gasteiger partial charge in [0.2, 0.25) is 0 Å². The molecule has 0 N–H and O–H groups in total. The number of rotatable bonds is 5. The summed E-state index contributed by atoms with van der Waals surface area (Å²) in [6.07, 6.45) is 0. The fourth-order valence-corrected chi connectivity index (χ4v) is 4.16. The van der Waals surface area contributed by atoms with E-state index >= 15 is 0 Å². The molecule has 3 aromatic rings. The number of hydrogen-bond donors (Lipinski definition) is 0. The number of fused-ring (bicyclic) bond motifs is 1. The lowest BCUT2D eigenvalue weighted by Gasteiger charge is -2.12. The van der Waals surface area contributed by atoms with Crippen LogP contribution in [0.3, 0.4) is 0 Å². The van der Waals surface area contributed by atoms with Gasteiger partial charge in [-0.25, -0.2) is 4.98 Å². The van der Waals surface area contributed by atoms with Gasteiger partial charge in [0, 0.05) is 23.1 Å². The summed E-state index contributed by atoms with van der Waals surface area (Å²) in [7, 11) is 3.28. The zero-order valence-electron chi connectivity index (χ0n) is 15.2. The third kappa shape index (κ3) is 3.07. The van der Waals surface area contributed by atoms with Gasteiger partial charge in [0.15, 0.2) is 0 Å². The SMILES string of the molecule is COCCn1c(C)nc2sc(C)c(-c3cc(C)ccc3OC)c2c1=O. The molecule has 25 heavy (non-hydrogen) atoms. The van der Waals surface area contributed by atoms with Crippen LogP contribution in [-0.4, -0.2) is 30.4 Å². The minimum atomic E-state index is -0.0255. The molecule has 3 rings (SSSR count). The summed E-state index contributed by atoms with van der Waals surface area (Å²) >= 11 is 1.55. The van der Waals surface area contributed by atoms with Crippen LogP contribution < -0.4 is 10.3 Å². The summed E-state index contributed by atoms with van der Waals surface area (Å²) in [6.45, 7) is 6.88. The van der Waals surface area contributed by atoms with E-state index in [0.717, 1.165) is 32.1 Å². The summed E-state index contributed by atoms with van der Waals surface area (Å²) in [5, 5.41) is 0.660. The first-order chi connectivity index (χ1) is 12.0. The largest absolute Gasteiger partial charge is 0.496 e.